The zero-order valence-electron chi connectivity index (χ0n) is 9.31. The largest absolute Gasteiger partial charge is 0.496 e. The molecule has 1 aromatic carbocycles. The lowest BCUT2D eigenvalue weighted by molar-refractivity contribution is 0.0876. The number of hydrogen-bond acceptors (Lipinski definition) is 4. The van der Waals surface area contributed by atoms with Gasteiger partial charge in [0.2, 0.25) is 0 Å². The Morgan fingerprint density at radius 1 is 1.47 bits per heavy atom. The summed E-state index contributed by atoms with van der Waals surface area (Å²) in [5, 5.41) is 20.3. The van der Waals surface area contributed by atoms with Crippen LogP contribution in [-0.2, 0) is 0 Å². The van der Waals surface area contributed by atoms with E-state index in [-0.39, 0.29) is 13.2 Å². The van der Waals surface area contributed by atoms with E-state index in [1.807, 2.05) is 0 Å². The molecule has 0 aliphatic carbocycles. The molecule has 1 rings (SSSR count). The van der Waals surface area contributed by atoms with Gasteiger partial charge in [-0.25, -0.2) is 0 Å². The number of aliphatic hydroxyl groups excluding tert-OH is 2. The standard InChI is InChI=1S/C11H14BrNO4/c1-17-10-4-7(12)2-3-9(10)11(16)13-8(5-14)6-15/h2-4,8,14-15H,5-6H2,1H3,(H,13,16). The van der Waals surface area contributed by atoms with Crippen LogP contribution in [0, 0.1) is 0 Å². The van der Waals surface area contributed by atoms with E-state index in [2.05, 4.69) is 21.2 Å². The lowest BCUT2D eigenvalue weighted by Crippen LogP contribution is -2.40. The maximum Gasteiger partial charge on any atom is 0.255 e. The van der Waals surface area contributed by atoms with Gasteiger partial charge in [0.05, 0.1) is 31.9 Å². The first-order valence-electron chi connectivity index (χ1n) is 4.98. The molecular formula is C11H14BrNO4. The van der Waals surface area contributed by atoms with Crippen molar-refractivity contribution in [1.29, 1.82) is 0 Å². The molecule has 0 saturated heterocycles. The Balaban J connectivity index is 2.88. The number of benzene rings is 1. The van der Waals surface area contributed by atoms with Gasteiger partial charge in [-0.1, -0.05) is 15.9 Å². The summed E-state index contributed by atoms with van der Waals surface area (Å²) in [5.41, 5.74) is 0.350. The molecular weight excluding hydrogens is 290 g/mol. The molecule has 0 fully saturated rings. The highest BCUT2D eigenvalue weighted by molar-refractivity contribution is 9.10. The summed E-state index contributed by atoms with van der Waals surface area (Å²) in [7, 11) is 1.47. The van der Waals surface area contributed by atoms with E-state index in [1.165, 1.54) is 7.11 Å². The molecule has 3 N–H and O–H groups in total. The van der Waals surface area contributed by atoms with Crippen molar-refractivity contribution < 1.29 is 19.7 Å². The molecule has 0 heterocycles. The fraction of sp³-hybridized carbons (Fsp3) is 0.364. The normalized spacial score (nSPS) is 10.4. The van der Waals surface area contributed by atoms with Crippen LogP contribution in [-0.4, -0.2) is 42.5 Å². The van der Waals surface area contributed by atoms with Gasteiger partial charge < -0.3 is 20.3 Å². The van der Waals surface area contributed by atoms with Crippen molar-refractivity contribution in [1.82, 2.24) is 5.32 Å². The van der Waals surface area contributed by atoms with Gasteiger partial charge in [0.1, 0.15) is 5.75 Å². The predicted octanol–water partition coefficient (Wildman–Crippen LogP) is 0.541. The van der Waals surface area contributed by atoms with Gasteiger partial charge >= 0.3 is 0 Å². The van der Waals surface area contributed by atoms with Crippen LogP contribution in [0.5, 0.6) is 5.75 Å². The number of carbonyl (C=O) groups excluding carboxylic acids is 1. The molecule has 0 aliphatic heterocycles. The molecule has 0 saturated carbocycles. The van der Waals surface area contributed by atoms with Gasteiger partial charge in [-0.15, -0.1) is 0 Å². The average Bonchev–Trinajstić information content (AvgIpc) is 2.35. The van der Waals surface area contributed by atoms with Crippen molar-refractivity contribution in [3.8, 4) is 5.75 Å². The van der Waals surface area contributed by atoms with Crippen molar-refractivity contribution in [2.45, 2.75) is 6.04 Å². The molecule has 1 aromatic rings. The summed E-state index contributed by atoms with van der Waals surface area (Å²) in [4.78, 5) is 11.8. The second kappa shape index (κ2) is 6.58. The summed E-state index contributed by atoms with van der Waals surface area (Å²) < 4.78 is 5.88. The molecule has 0 atom stereocenters. The molecule has 6 heteroatoms. The summed E-state index contributed by atoms with van der Waals surface area (Å²) in [6.07, 6.45) is 0. The molecule has 0 unspecified atom stereocenters. The molecule has 94 valence electrons. The Kier molecular flexibility index (Phi) is 5.40. The van der Waals surface area contributed by atoms with Gasteiger partial charge in [-0.3, -0.25) is 4.79 Å². The van der Waals surface area contributed by atoms with E-state index >= 15 is 0 Å². The minimum absolute atomic E-state index is 0.318. The van der Waals surface area contributed by atoms with E-state index in [9.17, 15) is 4.79 Å². The fourth-order valence-corrected chi connectivity index (χ4v) is 1.60. The van der Waals surface area contributed by atoms with Crippen molar-refractivity contribution in [2.24, 2.45) is 0 Å². The maximum absolute atomic E-state index is 11.8. The number of carbonyl (C=O) groups is 1. The summed E-state index contributed by atoms with van der Waals surface area (Å²) >= 11 is 3.27. The number of amides is 1. The van der Waals surface area contributed by atoms with Gasteiger partial charge in [0, 0.05) is 4.47 Å². The third kappa shape index (κ3) is 3.69. The van der Waals surface area contributed by atoms with E-state index in [0.29, 0.717) is 11.3 Å². The molecule has 0 bridgehead atoms. The minimum Gasteiger partial charge on any atom is -0.496 e. The second-order valence-electron chi connectivity index (χ2n) is 3.38. The predicted molar refractivity (Wildman–Crippen MR) is 66.1 cm³/mol. The topological polar surface area (TPSA) is 78.8 Å². The van der Waals surface area contributed by atoms with Gasteiger partial charge in [-0.2, -0.15) is 0 Å². The monoisotopic (exact) mass is 303 g/mol. The molecule has 5 nitrogen and oxygen atoms in total. The number of aliphatic hydroxyl groups is 2. The number of halogens is 1. The molecule has 0 aliphatic rings. The first-order valence-corrected chi connectivity index (χ1v) is 5.77. The molecule has 1 amide bonds. The Hall–Kier alpha value is -1.11. The fourth-order valence-electron chi connectivity index (χ4n) is 1.26. The molecule has 17 heavy (non-hydrogen) atoms. The van der Waals surface area contributed by atoms with Crippen LogP contribution in [0.25, 0.3) is 0 Å². The lowest BCUT2D eigenvalue weighted by atomic mass is 10.1. The highest BCUT2D eigenvalue weighted by Gasteiger charge is 2.16. The number of rotatable bonds is 5. The van der Waals surface area contributed by atoms with Crippen LogP contribution in [0.1, 0.15) is 10.4 Å². The van der Waals surface area contributed by atoms with E-state index in [4.69, 9.17) is 14.9 Å². The van der Waals surface area contributed by atoms with E-state index < -0.39 is 11.9 Å². The number of nitrogens with one attached hydrogen (secondary N) is 1. The van der Waals surface area contributed by atoms with Crippen LogP contribution in [0.3, 0.4) is 0 Å². The third-order valence-corrected chi connectivity index (χ3v) is 2.68. The first-order chi connectivity index (χ1) is 8.12. The Labute approximate surface area is 108 Å². The zero-order valence-corrected chi connectivity index (χ0v) is 10.9. The van der Waals surface area contributed by atoms with Gasteiger partial charge in [0.25, 0.3) is 5.91 Å². The quantitative estimate of drug-likeness (QED) is 0.742. The van der Waals surface area contributed by atoms with Crippen LogP contribution < -0.4 is 10.1 Å². The third-order valence-electron chi connectivity index (χ3n) is 2.18. The van der Waals surface area contributed by atoms with Crippen molar-refractivity contribution >= 4 is 21.8 Å². The van der Waals surface area contributed by atoms with Crippen molar-refractivity contribution in [2.75, 3.05) is 20.3 Å². The number of ether oxygens (including phenoxy) is 1. The maximum atomic E-state index is 11.8. The van der Waals surface area contributed by atoms with E-state index in [0.717, 1.165) is 4.47 Å². The smallest absolute Gasteiger partial charge is 0.255 e. The number of hydrogen-bond donors (Lipinski definition) is 3. The average molecular weight is 304 g/mol. The SMILES string of the molecule is COc1cc(Br)ccc1C(=O)NC(CO)CO. The second-order valence-corrected chi connectivity index (χ2v) is 4.30. The highest BCUT2D eigenvalue weighted by Crippen LogP contribution is 2.23. The molecule has 0 spiro atoms. The van der Waals surface area contributed by atoms with Crippen molar-refractivity contribution in [3.63, 3.8) is 0 Å². The minimum atomic E-state index is -0.671. The van der Waals surface area contributed by atoms with Gasteiger partial charge in [-0.05, 0) is 18.2 Å². The first kappa shape index (κ1) is 14.0. The highest BCUT2D eigenvalue weighted by atomic mass is 79.9. The zero-order chi connectivity index (χ0) is 12.8. The van der Waals surface area contributed by atoms with Crippen LogP contribution >= 0.6 is 15.9 Å². The number of methoxy groups -OCH3 is 1. The van der Waals surface area contributed by atoms with Gasteiger partial charge in [0.15, 0.2) is 0 Å². The van der Waals surface area contributed by atoms with E-state index in [1.54, 1.807) is 18.2 Å². The van der Waals surface area contributed by atoms with Crippen LogP contribution in [0.15, 0.2) is 22.7 Å². The summed E-state index contributed by atoms with van der Waals surface area (Å²) in [5.74, 6) is 0.0222. The molecule has 0 radical (unpaired) electrons. The van der Waals surface area contributed by atoms with Crippen LogP contribution in [0.2, 0.25) is 0 Å². The summed E-state index contributed by atoms with van der Waals surface area (Å²) in [6.45, 7) is -0.637. The summed E-state index contributed by atoms with van der Waals surface area (Å²) in [6, 6.07) is 4.31. The molecule has 0 aromatic heterocycles. The van der Waals surface area contributed by atoms with Crippen molar-refractivity contribution in [3.05, 3.63) is 28.2 Å². The van der Waals surface area contributed by atoms with Crippen LogP contribution in [0.4, 0.5) is 0 Å². The lowest BCUT2D eigenvalue weighted by Gasteiger charge is -2.15. The Morgan fingerprint density at radius 2 is 2.12 bits per heavy atom. The Morgan fingerprint density at radius 3 is 2.65 bits per heavy atom. The Bertz CT molecular complexity index is 393.